The molecule has 0 unspecified atom stereocenters. The van der Waals surface area contributed by atoms with Gasteiger partial charge in [-0.25, -0.2) is 0 Å². The summed E-state index contributed by atoms with van der Waals surface area (Å²) in [6.07, 6.45) is 0. The zero-order valence-electron chi connectivity index (χ0n) is 12.2. The third kappa shape index (κ3) is 4.52. The van der Waals surface area contributed by atoms with Gasteiger partial charge in [-0.15, -0.1) is 0 Å². The van der Waals surface area contributed by atoms with Gasteiger partial charge in [0.05, 0.1) is 14.2 Å². The molecule has 0 heterocycles. The zero-order valence-corrected chi connectivity index (χ0v) is 12.2. The van der Waals surface area contributed by atoms with Crippen LogP contribution in [0.25, 0.3) is 0 Å². The van der Waals surface area contributed by atoms with Crippen molar-refractivity contribution >= 4 is 11.9 Å². The number of carbonyl (C=O) groups is 2. The third-order valence-electron chi connectivity index (χ3n) is 2.73. The highest BCUT2D eigenvalue weighted by molar-refractivity contribution is 5.97. The Morgan fingerprint density at radius 2 is 1.62 bits per heavy atom. The van der Waals surface area contributed by atoms with E-state index in [1.54, 1.807) is 0 Å². The minimum Gasteiger partial charge on any atom is -0.509 e. The highest BCUT2D eigenvalue weighted by Gasteiger charge is 2.36. The molecule has 0 aliphatic rings. The molecule has 0 fully saturated rings. The van der Waals surface area contributed by atoms with Crippen LogP contribution < -0.4 is 0 Å². The molecule has 0 saturated heterocycles. The Kier molecular flexibility index (Phi) is 6.26. The fourth-order valence-corrected chi connectivity index (χ4v) is 1.68. The summed E-state index contributed by atoms with van der Waals surface area (Å²) < 4.78 is 14.5. The van der Waals surface area contributed by atoms with E-state index in [4.69, 9.17) is 4.74 Å². The van der Waals surface area contributed by atoms with Gasteiger partial charge in [-0.3, -0.25) is 9.59 Å². The predicted octanol–water partition coefficient (Wildman–Crippen LogP) is 1.95. The third-order valence-corrected chi connectivity index (χ3v) is 2.73. The number of hydrogen-bond acceptors (Lipinski definition) is 6. The largest absolute Gasteiger partial charge is 0.509 e. The van der Waals surface area contributed by atoms with Crippen LogP contribution in [-0.2, 0) is 30.4 Å². The van der Waals surface area contributed by atoms with Crippen LogP contribution in [0.2, 0.25) is 0 Å². The van der Waals surface area contributed by atoms with Crippen molar-refractivity contribution in [2.75, 3.05) is 14.2 Å². The Balaban J connectivity index is 2.96. The summed E-state index contributed by atoms with van der Waals surface area (Å²) in [6, 6.07) is 9.13. The monoisotopic (exact) mass is 294 g/mol. The fourth-order valence-electron chi connectivity index (χ4n) is 1.68. The molecule has 1 aromatic carbocycles. The first kappa shape index (κ1) is 16.6. The standard InChI is InChI=1S/C15H18O6/c1-10(16)13(12(14(17)19-2)15(18)20-3)21-9-11-7-5-4-6-8-11/h4-8,12,16H,9H2,1-3H3/b13-10+. The van der Waals surface area contributed by atoms with Crippen LogP contribution in [-0.4, -0.2) is 31.3 Å². The summed E-state index contributed by atoms with van der Waals surface area (Å²) in [5, 5.41) is 9.69. The maximum absolute atomic E-state index is 11.7. The van der Waals surface area contributed by atoms with E-state index < -0.39 is 17.9 Å². The van der Waals surface area contributed by atoms with Gasteiger partial charge in [0.15, 0.2) is 5.76 Å². The van der Waals surface area contributed by atoms with Crippen molar-refractivity contribution in [3.8, 4) is 0 Å². The lowest BCUT2D eigenvalue weighted by atomic mass is 10.1. The SMILES string of the molecule is COC(=O)C(C(=O)OC)/C(OCc1ccccc1)=C(/C)O. The maximum Gasteiger partial charge on any atom is 0.328 e. The first-order chi connectivity index (χ1) is 10.0. The lowest BCUT2D eigenvalue weighted by Crippen LogP contribution is -2.30. The first-order valence-electron chi connectivity index (χ1n) is 6.23. The number of benzene rings is 1. The topological polar surface area (TPSA) is 82.1 Å². The molecule has 0 aliphatic carbocycles. The molecule has 21 heavy (non-hydrogen) atoms. The summed E-state index contributed by atoms with van der Waals surface area (Å²) in [5.74, 6) is -3.64. The number of methoxy groups -OCH3 is 2. The van der Waals surface area contributed by atoms with Gasteiger partial charge in [0.2, 0.25) is 5.92 Å². The van der Waals surface area contributed by atoms with Gasteiger partial charge >= 0.3 is 11.9 Å². The van der Waals surface area contributed by atoms with E-state index in [2.05, 4.69) is 9.47 Å². The quantitative estimate of drug-likeness (QED) is 0.490. The zero-order chi connectivity index (χ0) is 15.8. The smallest absolute Gasteiger partial charge is 0.328 e. The van der Waals surface area contributed by atoms with E-state index in [1.807, 2.05) is 30.3 Å². The van der Waals surface area contributed by atoms with E-state index in [0.717, 1.165) is 19.8 Å². The van der Waals surface area contributed by atoms with Gasteiger partial charge < -0.3 is 19.3 Å². The van der Waals surface area contributed by atoms with E-state index in [-0.39, 0.29) is 18.1 Å². The van der Waals surface area contributed by atoms with Crippen LogP contribution in [0, 0.1) is 5.92 Å². The normalized spacial score (nSPS) is 11.6. The Morgan fingerprint density at radius 3 is 2.05 bits per heavy atom. The number of esters is 2. The van der Waals surface area contributed by atoms with Crippen molar-refractivity contribution in [1.82, 2.24) is 0 Å². The molecule has 6 heteroatoms. The number of ether oxygens (including phenoxy) is 3. The minimum absolute atomic E-state index is 0.0958. The number of aliphatic hydroxyl groups is 1. The number of hydrogen-bond donors (Lipinski definition) is 1. The lowest BCUT2D eigenvalue weighted by molar-refractivity contribution is -0.159. The highest BCUT2D eigenvalue weighted by atomic mass is 16.6. The Labute approximate surface area is 122 Å². The summed E-state index contributed by atoms with van der Waals surface area (Å²) in [6.45, 7) is 1.41. The first-order valence-corrected chi connectivity index (χ1v) is 6.23. The molecule has 0 radical (unpaired) electrons. The summed E-state index contributed by atoms with van der Waals surface area (Å²) in [4.78, 5) is 23.4. The predicted molar refractivity (Wildman–Crippen MR) is 74.1 cm³/mol. The Bertz CT molecular complexity index is 500. The lowest BCUT2D eigenvalue weighted by Gasteiger charge is -2.18. The minimum atomic E-state index is -1.45. The van der Waals surface area contributed by atoms with Gasteiger partial charge in [0.1, 0.15) is 12.4 Å². The van der Waals surface area contributed by atoms with Crippen molar-refractivity contribution in [1.29, 1.82) is 0 Å². The molecule has 1 rings (SSSR count). The maximum atomic E-state index is 11.7. The summed E-state index contributed by atoms with van der Waals surface area (Å²) in [7, 11) is 2.28. The number of aliphatic hydroxyl groups excluding tert-OH is 1. The number of allylic oxidation sites excluding steroid dienone is 1. The van der Waals surface area contributed by atoms with Crippen molar-refractivity contribution < 1.29 is 28.9 Å². The van der Waals surface area contributed by atoms with Crippen molar-refractivity contribution in [3.05, 3.63) is 47.4 Å². The van der Waals surface area contributed by atoms with Crippen LogP contribution in [0.4, 0.5) is 0 Å². The van der Waals surface area contributed by atoms with Gasteiger partial charge in [0, 0.05) is 0 Å². The van der Waals surface area contributed by atoms with E-state index in [9.17, 15) is 14.7 Å². The summed E-state index contributed by atoms with van der Waals surface area (Å²) >= 11 is 0. The van der Waals surface area contributed by atoms with Crippen molar-refractivity contribution in [3.63, 3.8) is 0 Å². The molecule has 1 aromatic rings. The molecule has 114 valence electrons. The second-order valence-corrected chi connectivity index (χ2v) is 4.20. The van der Waals surface area contributed by atoms with Crippen molar-refractivity contribution in [2.45, 2.75) is 13.5 Å². The van der Waals surface area contributed by atoms with Gasteiger partial charge in [-0.05, 0) is 12.5 Å². The number of carbonyl (C=O) groups excluding carboxylic acids is 2. The van der Waals surface area contributed by atoms with Crippen LogP contribution in [0.3, 0.4) is 0 Å². The number of rotatable bonds is 6. The molecular formula is C15H18O6. The molecule has 6 nitrogen and oxygen atoms in total. The van der Waals surface area contributed by atoms with E-state index in [1.165, 1.54) is 6.92 Å². The highest BCUT2D eigenvalue weighted by Crippen LogP contribution is 2.21. The molecule has 0 aromatic heterocycles. The molecular weight excluding hydrogens is 276 g/mol. The van der Waals surface area contributed by atoms with Crippen LogP contribution in [0.15, 0.2) is 41.9 Å². The molecule has 0 aliphatic heterocycles. The Morgan fingerprint density at radius 1 is 1.10 bits per heavy atom. The van der Waals surface area contributed by atoms with Crippen molar-refractivity contribution in [2.24, 2.45) is 5.92 Å². The fraction of sp³-hybridized carbons (Fsp3) is 0.333. The second-order valence-electron chi connectivity index (χ2n) is 4.20. The van der Waals surface area contributed by atoms with Crippen LogP contribution in [0.1, 0.15) is 12.5 Å². The van der Waals surface area contributed by atoms with Gasteiger partial charge in [0.25, 0.3) is 0 Å². The second kappa shape index (κ2) is 7.94. The molecule has 0 bridgehead atoms. The average molecular weight is 294 g/mol. The van der Waals surface area contributed by atoms with Crippen LogP contribution in [0.5, 0.6) is 0 Å². The van der Waals surface area contributed by atoms with Gasteiger partial charge in [-0.1, -0.05) is 30.3 Å². The summed E-state index contributed by atoms with van der Waals surface area (Å²) in [5.41, 5.74) is 0.824. The van der Waals surface area contributed by atoms with Gasteiger partial charge in [-0.2, -0.15) is 0 Å². The molecule has 0 amide bonds. The average Bonchev–Trinajstić information content (AvgIpc) is 2.50. The molecule has 0 saturated carbocycles. The van der Waals surface area contributed by atoms with E-state index >= 15 is 0 Å². The Hall–Kier alpha value is -2.50. The van der Waals surface area contributed by atoms with E-state index in [0.29, 0.717) is 0 Å². The molecule has 0 spiro atoms. The molecule has 0 atom stereocenters. The van der Waals surface area contributed by atoms with Crippen LogP contribution >= 0.6 is 0 Å². The molecule has 1 N–H and O–H groups in total.